The van der Waals surface area contributed by atoms with Crippen LogP contribution in [0, 0.1) is 34.0 Å². The molecule has 4 heteroatoms. The van der Waals surface area contributed by atoms with Gasteiger partial charge in [0.1, 0.15) is 0 Å². The summed E-state index contributed by atoms with van der Waals surface area (Å²) in [5.74, 6) is 1.19. The Morgan fingerprint density at radius 3 is 2.29 bits per heavy atom. The number of hydrogen-bond donors (Lipinski definition) is 4. The first-order chi connectivity index (χ1) is 11.4. The molecule has 0 aliphatic heterocycles. The largest absolute Gasteiger partial charge is 0.396 e. The Labute approximate surface area is 145 Å². The van der Waals surface area contributed by atoms with Crippen molar-refractivity contribution in [3.63, 3.8) is 0 Å². The molecule has 138 valence electrons. The Morgan fingerprint density at radius 2 is 1.62 bits per heavy atom. The summed E-state index contributed by atoms with van der Waals surface area (Å²) >= 11 is 0. The highest BCUT2D eigenvalue weighted by Crippen LogP contribution is 2.72. The fourth-order valence-electron chi connectivity index (χ4n) is 8.18. The number of hydrogen-bond acceptors (Lipinski definition) is 4. The van der Waals surface area contributed by atoms with Crippen LogP contribution in [-0.2, 0) is 0 Å². The second-order valence-corrected chi connectivity index (χ2v) is 9.96. The van der Waals surface area contributed by atoms with Crippen LogP contribution in [0.5, 0.6) is 0 Å². The van der Waals surface area contributed by atoms with Crippen LogP contribution in [0.2, 0.25) is 0 Å². The minimum atomic E-state index is -0.877. The second-order valence-electron chi connectivity index (χ2n) is 9.96. The van der Waals surface area contributed by atoms with Crippen LogP contribution in [0.4, 0.5) is 0 Å². The van der Waals surface area contributed by atoms with Crippen LogP contribution in [0.3, 0.4) is 0 Å². The molecule has 0 saturated heterocycles. The fourth-order valence-corrected chi connectivity index (χ4v) is 8.18. The van der Waals surface area contributed by atoms with Crippen LogP contribution in [0.25, 0.3) is 0 Å². The first kappa shape index (κ1) is 17.3. The first-order valence-electron chi connectivity index (χ1n) is 9.93. The highest BCUT2D eigenvalue weighted by molar-refractivity contribution is 5.17. The molecule has 0 heterocycles. The van der Waals surface area contributed by atoms with Gasteiger partial charge in [-0.25, -0.2) is 0 Å². The maximum absolute atomic E-state index is 10.9. The molecule has 4 rings (SSSR count). The van der Waals surface area contributed by atoms with Crippen molar-refractivity contribution in [3.8, 4) is 0 Å². The molecule has 2 bridgehead atoms. The molecule has 4 fully saturated rings. The quantitative estimate of drug-likeness (QED) is 0.635. The highest BCUT2D eigenvalue weighted by atomic mass is 16.3. The van der Waals surface area contributed by atoms with Crippen LogP contribution in [0.15, 0.2) is 0 Å². The molecule has 1 spiro atoms. The summed E-state index contributed by atoms with van der Waals surface area (Å²) in [6.07, 6.45) is 9.26. The summed E-state index contributed by atoms with van der Waals surface area (Å²) in [6, 6.07) is 0. The number of aliphatic hydroxyl groups is 4. The van der Waals surface area contributed by atoms with Crippen LogP contribution < -0.4 is 0 Å². The van der Waals surface area contributed by atoms with E-state index >= 15 is 0 Å². The summed E-state index contributed by atoms with van der Waals surface area (Å²) in [4.78, 5) is 0. The second kappa shape index (κ2) is 5.42. The Morgan fingerprint density at radius 1 is 0.875 bits per heavy atom. The van der Waals surface area contributed by atoms with Crippen molar-refractivity contribution in [2.24, 2.45) is 34.0 Å². The van der Waals surface area contributed by atoms with Crippen molar-refractivity contribution in [2.45, 2.75) is 70.3 Å². The van der Waals surface area contributed by atoms with E-state index in [1.807, 2.05) is 0 Å². The van der Waals surface area contributed by atoms with E-state index < -0.39 is 5.60 Å². The van der Waals surface area contributed by atoms with Crippen molar-refractivity contribution in [1.29, 1.82) is 0 Å². The van der Waals surface area contributed by atoms with E-state index in [4.69, 9.17) is 0 Å². The standard InChI is InChI=1S/C20H34O4/c1-17-6-2-7-19(11-21,12-22)16(17)5-8-18-9-14(3-4-15(17)18)20(24,10-18)13-23/h14-16,21-24H,2-13H2,1H3/t14-,15+,16+,17+,18+,20+/m0/s1. The molecular weight excluding hydrogens is 304 g/mol. The van der Waals surface area contributed by atoms with Gasteiger partial charge < -0.3 is 20.4 Å². The molecule has 4 saturated carbocycles. The summed E-state index contributed by atoms with van der Waals surface area (Å²) in [7, 11) is 0. The number of fused-ring (bicyclic) bond motifs is 3. The zero-order valence-electron chi connectivity index (χ0n) is 15.0. The average Bonchev–Trinajstić information content (AvgIpc) is 2.80. The van der Waals surface area contributed by atoms with Gasteiger partial charge in [-0.3, -0.25) is 0 Å². The average molecular weight is 338 g/mol. The lowest BCUT2D eigenvalue weighted by Crippen LogP contribution is -2.59. The summed E-state index contributed by atoms with van der Waals surface area (Å²) < 4.78 is 0. The van der Waals surface area contributed by atoms with E-state index in [2.05, 4.69) is 6.92 Å². The van der Waals surface area contributed by atoms with E-state index in [0.29, 0.717) is 11.8 Å². The minimum absolute atomic E-state index is 0.0900. The van der Waals surface area contributed by atoms with E-state index in [-0.39, 0.29) is 42.0 Å². The molecule has 4 N–H and O–H groups in total. The summed E-state index contributed by atoms with van der Waals surface area (Å²) in [6.45, 7) is 2.47. The van der Waals surface area contributed by atoms with Crippen molar-refractivity contribution < 1.29 is 20.4 Å². The van der Waals surface area contributed by atoms with Gasteiger partial charge in [0.25, 0.3) is 0 Å². The molecule has 24 heavy (non-hydrogen) atoms. The van der Waals surface area contributed by atoms with E-state index in [1.165, 1.54) is 6.42 Å². The van der Waals surface area contributed by atoms with Crippen molar-refractivity contribution >= 4 is 0 Å². The number of rotatable bonds is 3. The Hall–Kier alpha value is -0.160. The van der Waals surface area contributed by atoms with Gasteiger partial charge in [0.05, 0.1) is 25.4 Å². The molecule has 0 radical (unpaired) electrons. The lowest BCUT2D eigenvalue weighted by molar-refractivity contribution is -0.176. The predicted octanol–water partition coefficient (Wildman–Crippen LogP) is 2.09. The lowest BCUT2D eigenvalue weighted by atomic mass is 9.41. The third-order valence-electron chi connectivity index (χ3n) is 9.17. The molecule has 4 aliphatic carbocycles. The number of aliphatic hydroxyl groups excluding tert-OH is 3. The third kappa shape index (κ3) is 2.00. The zero-order valence-corrected chi connectivity index (χ0v) is 15.0. The monoisotopic (exact) mass is 338 g/mol. The SMILES string of the molecule is C[C@]12CCCC(CO)(CO)[C@@H]1CC[C@]13C[C@H](CC[C@@H]12)[C@](O)(CO)C3. The molecule has 0 amide bonds. The summed E-state index contributed by atoms with van der Waals surface area (Å²) in [5.41, 5.74) is -0.887. The van der Waals surface area contributed by atoms with Gasteiger partial charge >= 0.3 is 0 Å². The Balaban J connectivity index is 1.71. The highest BCUT2D eigenvalue weighted by Gasteiger charge is 2.67. The van der Waals surface area contributed by atoms with Gasteiger partial charge in [-0.1, -0.05) is 13.3 Å². The van der Waals surface area contributed by atoms with Gasteiger partial charge in [-0.2, -0.15) is 0 Å². The van der Waals surface area contributed by atoms with Crippen LogP contribution >= 0.6 is 0 Å². The first-order valence-corrected chi connectivity index (χ1v) is 9.93. The van der Waals surface area contributed by atoms with E-state index in [0.717, 1.165) is 51.4 Å². The lowest BCUT2D eigenvalue weighted by Gasteiger charge is -2.64. The fraction of sp³-hybridized carbons (Fsp3) is 1.00. The smallest absolute Gasteiger partial charge is 0.0910 e. The Bertz CT molecular complexity index is 504. The molecular formula is C20H34O4. The molecule has 0 aromatic heterocycles. The molecule has 0 unspecified atom stereocenters. The van der Waals surface area contributed by atoms with Gasteiger partial charge in [-0.05, 0) is 80.0 Å². The van der Waals surface area contributed by atoms with Crippen LogP contribution in [0.1, 0.15) is 64.7 Å². The normalized spacial score (nSPS) is 52.6. The van der Waals surface area contributed by atoms with Crippen molar-refractivity contribution in [2.75, 3.05) is 19.8 Å². The van der Waals surface area contributed by atoms with E-state index in [9.17, 15) is 20.4 Å². The van der Waals surface area contributed by atoms with Gasteiger partial charge in [0.15, 0.2) is 0 Å². The predicted molar refractivity (Wildman–Crippen MR) is 91.2 cm³/mol. The van der Waals surface area contributed by atoms with Gasteiger partial charge in [0.2, 0.25) is 0 Å². The Kier molecular flexibility index (Phi) is 3.90. The van der Waals surface area contributed by atoms with Crippen LogP contribution in [-0.4, -0.2) is 45.8 Å². The topological polar surface area (TPSA) is 80.9 Å². The third-order valence-corrected chi connectivity index (χ3v) is 9.17. The van der Waals surface area contributed by atoms with Crippen molar-refractivity contribution in [1.82, 2.24) is 0 Å². The zero-order chi connectivity index (χ0) is 17.2. The van der Waals surface area contributed by atoms with Crippen molar-refractivity contribution in [3.05, 3.63) is 0 Å². The van der Waals surface area contributed by atoms with Gasteiger partial charge in [0, 0.05) is 5.41 Å². The molecule has 4 aliphatic rings. The molecule has 0 aromatic carbocycles. The van der Waals surface area contributed by atoms with E-state index in [1.54, 1.807) is 0 Å². The molecule has 4 nitrogen and oxygen atoms in total. The molecule has 6 atom stereocenters. The molecule has 0 aromatic rings. The minimum Gasteiger partial charge on any atom is -0.396 e. The summed E-state index contributed by atoms with van der Waals surface area (Å²) in [5, 5.41) is 41.0. The maximum atomic E-state index is 10.9. The van der Waals surface area contributed by atoms with Gasteiger partial charge in [-0.15, -0.1) is 0 Å². The maximum Gasteiger partial charge on any atom is 0.0910 e.